The monoisotopic (exact) mass is 393 g/mol. The van der Waals surface area contributed by atoms with Gasteiger partial charge in [0, 0.05) is 5.69 Å². The van der Waals surface area contributed by atoms with Crippen LogP contribution in [-0.2, 0) is 17.6 Å². The van der Waals surface area contributed by atoms with E-state index in [9.17, 15) is 4.79 Å². The number of anilines is 1. The second-order valence-electron chi connectivity index (χ2n) is 7.20. The maximum absolute atomic E-state index is 12.7. The van der Waals surface area contributed by atoms with E-state index in [-0.39, 0.29) is 11.2 Å². The molecule has 3 aromatic rings. The molecule has 0 fully saturated rings. The maximum Gasteiger partial charge on any atom is 0.237 e. The minimum Gasteiger partial charge on any atom is -0.325 e. The van der Waals surface area contributed by atoms with E-state index >= 15 is 0 Å². The number of thioether (sulfide) groups is 1. The number of hydrogen-bond donors (Lipinski definition) is 1. The van der Waals surface area contributed by atoms with Crippen molar-refractivity contribution in [2.45, 2.75) is 50.4 Å². The Hall–Kier alpha value is -2.67. The van der Waals surface area contributed by atoms with Gasteiger partial charge in [-0.1, -0.05) is 36.0 Å². The number of nitrogens with one attached hydrogen (secondary N) is 1. The molecule has 1 atom stereocenters. The molecule has 1 amide bonds. The third kappa shape index (κ3) is 3.67. The Morgan fingerprint density at radius 3 is 2.68 bits per heavy atom. The summed E-state index contributed by atoms with van der Waals surface area (Å²) in [7, 11) is 0. The van der Waals surface area contributed by atoms with E-state index in [1.807, 2.05) is 45.0 Å². The molecule has 28 heavy (non-hydrogen) atoms. The van der Waals surface area contributed by atoms with Crippen LogP contribution in [0.2, 0.25) is 0 Å². The van der Waals surface area contributed by atoms with Crippen LogP contribution in [0.3, 0.4) is 0 Å². The molecule has 1 N–H and O–H groups in total. The molecule has 6 nitrogen and oxygen atoms in total. The first-order valence-electron chi connectivity index (χ1n) is 9.47. The highest BCUT2D eigenvalue weighted by atomic mass is 32.2. The minimum atomic E-state index is -0.331. The zero-order valence-corrected chi connectivity index (χ0v) is 17.1. The lowest BCUT2D eigenvalue weighted by molar-refractivity contribution is -0.115. The zero-order chi connectivity index (χ0) is 19.7. The minimum absolute atomic E-state index is 0.0565. The summed E-state index contributed by atoms with van der Waals surface area (Å²) in [5.74, 6) is -0.0565. The molecule has 4 rings (SSSR count). The van der Waals surface area contributed by atoms with E-state index in [2.05, 4.69) is 33.0 Å². The topological polar surface area (TPSA) is 72.7 Å². The predicted octanol–water partition coefficient (Wildman–Crippen LogP) is 3.89. The average Bonchev–Trinajstić information content (AvgIpc) is 3.31. The lowest BCUT2D eigenvalue weighted by Gasteiger charge is -2.14. The Morgan fingerprint density at radius 2 is 1.89 bits per heavy atom. The molecule has 0 aliphatic heterocycles. The van der Waals surface area contributed by atoms with Crippen LogP contribution >= 0.6 is 11.8 Å². The van der Waals surface area contributed by atoms with Gasteiger partial charge in [-0.05, 0) is 84.8 Å². The quantitative estimate of drug-likeness (QED) is 0.666. The van der Waals surface area contributed by atoms with Crippen LogP contribution < -0.4 is 5.32 Å². The van der Waals surface area contributed by atoms with Gasteiger partial charge in [0.25, 0.3) is 0 Å². The number of carbonyl (C=O) groups excluding carboxylic acids is 1. The fourth-order valence-corrected chi connectivity index (χ4v) is 4.43. The molecule has 1 aliphatic carbocycles. The number of aryl methyl sites for hydroxylation is 4. The summed E-state index contributed by atoms with van der Waals surface area (Å²) in [5.41, 5.74) is 6.73. The highest BCUT2D eigenvalue weighted by Crippen LogP contribution is 2.28. The predicted molar refractivity (Wildman–Crippen MR) is 111 cm³/mol. The van der Waals surface area contributed by atoms with E-state index in [0.717, 1.165) is 35.3 Å². The van der Waals surface area contributed by atoms with Crippen molar-refractivity contribution in [3.05, 3.63) is 58.7 Å². The van der Waals surface area contributed by atoms with Gasteiger partial charge >= 0.3 is 0 Å². The molecule has 0 spiro atoms. The van der Waals surface area contributed by atoms with Gasteiger partial charge in [-0.3, -0.25) is 4.79 Å². The first-order chi connectivity index (χ1) is 13.5. The largest absolute Gasteiger partial charge is 0.325 e. The van der Waals surface area contributed by atoms with Crippen molar-refractivity contribution in [2.24, 2.45) is 0 Å². The van der Waals surface area contributed by atoms with Crippen LogP contribution in [0.15, 0.2) is 41.6 Å². The summed E-state index contributed by atoms with van der Waals surface area (Å²) in [6, 6.07) is 12.3. The van der Waals surface area contributed by atoms with Gasteiger partial charge in [-0.2, -0.15) is 4.68 Å². The molecular formula is C21H23N5OS. The molecule has 0 unspecified atom stereocenters. The summed E-state index contributed by atoms with van der Waals surface area (Å²) in [6.45, 7) is 5.93. The standard InChI is InChI=1S/C21H23N5OS/c1-13-6-4-7-14(2)19(13)26-21(23-24-25-26)28-15(3)20(27)22-18-11-10-16-8-5-9-17(16)12-18/h4,6-7,10-12,15H,5,8-9H2,1-3H3,(H,22,27)/t15-/m0/s1. The molecule has 0 radical (unpaired) electrons. The fraction of sp³-hybridized carbons (Fsp3) is 0.333. The average molecular weight is 394 g/mol. The van der Waals surface area contributed by atoms with Gasteiger partial charge < -0.3 is 5.32 Å². The van der Waals surface area contributed by atoms with Crippen molar-refractivity contribution in [3.63, 3.8) is 0 Å². The normalized spacial score (nSPS) is 14.0. The highest BCUT2D eigenvalue weighted by Gasteiger charge is 2.21. The summed E-state index contributed by atoms with van der Waals surface area (Å²) >= 11 is 1.36. The third-order valence-corrected chi connectivity index (χ3v) is 6.14. The van der Waals surface area contributed by atoms with Crippen molar-refractivity contribution >= 4 is 23.4 Å². The summed E-state index contributed by atoms with van der Waals surface area (Å²) < 4.78 is 1.72. The van der Waals surface area contributed by atoms with E-state index in [4.69, 9.17) is 0 Å². The number of fused-ring (bicyclic) bond motifs is 1. The Kier molecular flexibility index (Phi) is 5.17. The number of tetrazole rings is 1. The number of aromatic nitrogens is 4. The molecule has 1 aliphatic rings. The second-order valence-corrected chi connectivity index (χ2v) is 8.51. The van der Waals surface area contributed by atoms with Crippen LogP contribution in [0.25, 0.3) is 5.69 Å². The number of amides is 1. The maximum atomic E-state index is 12.7. The van der Waals surface area contributed by atoms with Crippen LogP contribution in [0.5, 0.6) is 0 Å². The second kappa shape index (κ2) is 7.75. The van der Waals surface area contributed by atoms with Crippen molar-refractivity contribution in [1.29, 1.82) is 0 Å². The number of carbonyl (C=O) groups is 1. The lowest BCUT2D eigenvalue weighted by Crippen LogP contribution is -2.23. The lowest BCUT2D eigenvalue weighted by atomic mass is 10.1. The number of benzene rings is 2. The molecule has 0 bridgehead atoms. The fourth-order valence-electron chi connectivity index (χ4n) is 3.64. The summed E-state index contributed by atoms with van der Waals surface area (Å²) in [5, 5.41) is 15.4. The van der Waals surface area contributed by atoms with Crippen molar-refractivity contribution in [2.75, 3.05) is 5.32 Å². The van der Waals surface area contributed by atoms with Gasteiger partial charge in [0.1, 0.15) is 0 Å². The molecule has 144 valence electrons. The van der Waals surface area contributed by atoms with E-state index < -0.39 is 0 Å². The van der Waals surface area contributed by atoms with Crippen LogP contribution in [0.4, 0.5) is 5.69 Å². The number of rotatable bonds is 5. The number of hydrogen-bond acceptors (Lipinski definition) is 5. The Labute approximate surface area is 168 Å². The Morgan fingerprint density at radius 1 is 1.14 bits per heavy atom. The third-order valence-electron chi connectivity index (χ3n) is 5.11. The Balaban J connectivity index is 1.49. The van der Waals surface area contributed by atoms with Gasteiger partial charge in [-0.15, -0.1) is 5.10 Å². The zero-order valence-electron chi connectivity index (χ0n) is 16.3. The molecule has 1 heterocycles. The summed E-state index contributed by atoms with van der Waals surface area (Å²) in [6.07, 6.45) is 3.42. The molecule has 0 saturated carbocycles. The molecule has 7 heteroatoms. The van der Waals surface area contributed by atoms with Crippen molar-refractivity contribution in [3.8, 4) is 5.69 Å². The Bertz CT molecular complexity index is 1010. The van der Waals surface area contributed by atoms with Crippen molar-refractivity contribution in [1.82, 2.24) is 20.2 Å². The van der Waals surface area contributed by atoms with Gasteiger partial charge in [0.15, 0.2) is 0 Å². The first kappa shape index (κ1) is 18.7. The van der Waals surface area contributed by atoms with Gasteiger partial charge in [-0.25, -0.2) is 0 Å². The SMILES string of the molecule is Cc1cccc(C)c1-n1nnnc1S[C@@H](C)C(=O)Nc1ccc2c(c1)CCC2. The van der Waals surface area contributed by atoms with Crippen LogP contribution in [0.1, 0.15) is 35.6 Å². The van der Waals surface area contributed by atoms with E-state index in [0.29, 0.717) is 5.16 Å². The van der Waals surface area contributed by atoms with Crippen molar-refractivity contribution < 1.29 is 4.79 Å². The smallest absolute Gasteiger partial charge is 0.237 e. The van der Waals surface area contributed by atoms with Gasteiger partial charge in [0.2, 0.25) is 11.1 Å². The summed E-state index contributed by atoms with van der Waals surface area (Å²) in [4.78, 5) is 12.7. The molecule has 1 aromatic heterocycles. The number of para-hydroxylation sites is 1. The molecule has 0 saturated heterocycles. The van der Waals surface area contributed by atoms with Crippen LogP contribution in [0, 0.1) is 13.8 Å². The highest BCUT2D eigenvalue weighted by molar-refractivity contribution is 8.00. The van der Waals surface area contributed by atoms with E-state index in [1.165, 1.54) is 29.3 Å². The molecule has 2 aromatic carbocycles. The van der Waals surface area contributed by atoms with E-state index in [1.54, 1.807) is 4.68 Å². The number of nitrogens with zero attached hydrogens (tertiary/aromatic N) is 4. The first-order valence-corrected chi connectivity index (χ1v) is 10.3. The molecular weight excluding hydrogens is 370 g/mol. The van der Waals surface area contributed by atoms with Gasteiger partial charge in [0.05, 0.1) is 10.9 Å². The van der Waals surface area contributed by atoms with Crippen LogP contribution in [-0.4, -0.2) is 31.4 Å².